The smallest absolute Gasteiger partial charge is 0.450 e. The lowest BCUT2D eigenvalue weighted by atomic mass is 9.98. The van der Waals surface area contributed by atoms with Crippen LogP contribution in [0.3, 0.4) is 0 Å². The zero-order chi connectivity index (χ0) is 22.2. The highest BCUT2D eigenvalue weighted by molar-refractivity contribution is 7.46. The third-order valence-electron chi connectivity index (χ3n) is 5.04. The molecule has 5 N–H and O–H groups in total. The third-order valence-corrected chi connectivity index (χ3v) is 5.56. The van der Waals surface area contributed by atoms with Crippen molar-refractivity contribution in [3.63, 3.8) is 0 Å². The average molecular weight is 452 g/mol. The van der Waals surface area contributed by atoms with Gasteiger partial charge in [-0.2, -0.15) is 0 Å². The molecule has 12 heteroatoms. The summed E-state index contributed by atoms with van der Waals surface area (Å²) in [5.74, 6) is -0.839. The molecule has 3 aromatic rings. The molecule has 3 heterocycles. The normalized spacial score (nSPS) is 26.8. The molecule has 0 aliphatic carbocycles. The van der Waals surface area contributed by atoms with Crippen LogP contribution in [0.25, 0.3) is 10.9 Å². The lowest BCUT2D eigenvalue weighted by Gasteiger charge is -2.43. The second-order valence-corrected chi connectivity index (χ2v) is 8.23. The molecule has 1 saturated heterocycles. The van der Waals surface area contributed by atoms with Crippen LogP contribution in [0.2, 0.25) is 0 Å². The van der Waals surface area contributed by atoms with Gasteiger partial charge in [-0.25, -0.2) is 9.36 Å². The Hall–Kier alpha value is -2.50. The van der Waals surface area contributed by atoms with Crippen LogP contribution in [0, 0.1) is 0 Å². The predicted molar refractivity (Wildman–Crippen MR) is 106 cm³/mol. The molecule has 0 spiro atoms. The number of aliphatic hydroxyl groups is 2. The molecular formula is C19H21N2O9P. The minimum Gasteiger partial charge on any atom is -0.450 e. The van der Waals surface area contributed by atoms with Crippen molar-refractivity contribution in [1.82, 2.24) is 9.55 Å². The van der Waals surface area contributed by atoms with Gasteiger partial charge in [-0.05, 0) is 29.7 Å². The number of carbonyl (C=O) groups is 1. The molecule has 2 unspecified atom stereocenters. The minimum atomic E-state index is -5.11. The lowest BCUT2D eigenvalue weighted by molar-refractivity contribution is -0.246. The highest BCUT2D eigenvalue weighted by Gasteiger charge is 2.51. The van der Waals surface area contributed by atoms with E-state index < -0.39 is 51.0 Å². The van der Waals surface area contributed by atoms with Gasteiger partial charge in [0.1, 0.15) is 24.0 Å². The number of aliphatic hydroxyl groups excluding tert-OH is 2. The zero-order valence-corrected chi connectivity index (χ0v) is 16.9. The van der Waals surface area contributed by atoms with Crippen LogP contribution >= 0.6 is 7.82 Å². The first-order chi connectivity index (χ1) is 14.8. The first kappa shape index (κ1) is 21.7. The Morgan fingerprint density at radius 3 is 2.61 bits per heavy atom. The van der Waals surface area contributed by atoms with E-state index in [1.807, 2.05) is 12.1 Å². The fourth-order valence-corrected chi connectivity index (χ4v) is 4.22. The Morgan fingerprint density at radius 2 is 1.94 bits per heavy atom. The summed E-state index contributed by atoms with van der Waals surface area (Å²) in [5.41, 5.74) is 0.765. The molecule has 4 rings (SSSR count). The Kier molecular flexibility index (Phi) is 6.00. The molecule has 2 aromatic heterocycles. The fourth-order valence-electron chi connectivity index (χ4n) is 3.66. The van der Waals surface area contributed by atoms with E-state index in [4.69, 9.17) is 14.0 Å². The second kappa shape index (κ2) is 8.56. The molecule has 0 amide bonds. The van der Waals surface area contributed by atoms with Gasteiger partial charge >= 0.3 is 13.8 Å². The summed E-state index contributed by atoms with van der Waals surface area (Å²) < 4.78 is 29.4. The maximum Gasteiger partial charge on any atom is 0.470 e. The number of ether oxygens (including phenoxy) is 2. The summed E-state index contributed by atoms with van der Waals surface area (Å²) in [6.07, 6.45) is -4.08. The largest absolute Gasteiger partial charge is 0.470 e. The molecule has 1 fully saturated rings. The number of esters is 1. The van der Waals surface area contributed by atoms with Crippen LogP contribution in [0.1, 0.15) is 16.7 Å². The number of hydrogen-bond acceptors (Lipinski definition) is 7. The zero-order valence-electron chi connectivity index (χ0n) is 16.0. The van der Waals surface area contributed by atoms with E-state index in [-0.39, 0.29) is 5.69 Å². The standard InChI is InChI=1S/C19H21N2O9P/c22-10-14-15(23)16(30-31(25,26)27)17(29-19(24)12-5-3-8-20-12)18(28-14)21-9-7-11-4-1-2-6-13(11)21/h1-9,14-18,20,22-23H,10H2,(H2,25,26,27)/t14?,15-,16+,17?,18-/m1/s1. The molecule has 5 atom stereocenters. The van der Waals surface area contributed by atoms with Crippen LogP contribution in [0.15, 0.2) is 54.9 Å². The molecule has 0 radical (unpaired) electrons. The summed E-state index contributed by atoms with van der Waals surface area (Å²) in [6.45, 7) is -0.658. The molecule has 31 heavy (non-hydrogen) atoms. The first-order valence-corrected chi connectivity index (χ1v) is 10.9. The molecule has 166 valence electrons. The van der Waals surface area contributed by atoms with Crippen LogP contribution in [-0.4, -0.2) is 66.5 Å². The van der Waals surface area contributed by atoms with Gasteiger partial charge in [0.2, 0.25) is 0 Å². The van der Waals surface area contributed by atoms with Crippen molar-refractivity contribution < 1.29 is 43.4 Å². The number of rotatable bonds is 6. The van der Waals surface area contributed by atoms with Crippen LogP contribution in [0.5, 0.6) is 0 Å². The van der Waals surface area contributed by atoms with Gasteiger partial charge < -0.3 is 39.0 Å². The van der Waals surface area contributed by atoms with Gasteiger partial charge in [0.05, 0.1) is 12.1 Å². The molecular weight excluding hydrogens is 431 g/mol. The van der Waals surface area contributed by atoms with Crippen molar-refractivity contribution in [2.45, 2.75) is 30.6 Å². The number of H-pyrrole nitrogens is 1. The Balaban J connectivity index is 1.78. The number of fused-ring (bicyclic) bond motifs is 1. The van der Waals surface area contributed by atoms with Crippen molar-refractivity contribution in [3.8, 4) is 0 Å². The summed E-state index contributed by atoms with van der Waals surface area (Å²) in [6, 6.07) is 12.0. The molecule has 1 aliphatic rings. The SMILES string of the molecule is O=C(OC1[C@@H](OP(=O)(O)O)[C@H](O)C(CO)O[C@H]1n1ccc2ccccc21)c1ccc[nH]1. The van der Waals surface area contributed by atoms with Gasteiger partial charge in [0, 0.05) is 12.4 Å². The summed E-state index contributed by atoms with van der Waals surface area (Å²) >= 11 is 0. The number of para-hydroxylation sites is 1. The Labute approximate surface area is 176 Å². The Bertz CT molecular complexity index is 1090. The van der Waals surface area contributed by atoms with Gasteiger partial charge in [0.25, 0.3) is 0 Å². The van der Waals surface area contributed by atoms with E-state index in [9.17, 15) is 29.4 Å². The van der Waals surface area contributed by atoms with E-state index in [0.29, 0.717) is 5.52 Å². The molecule has 11 nitrogen and oxygen atoms in total. The quantitative estimate of drug-likeness (QED) is 0.270. The van der Waals surface area contributed by atoms with Crippen molar-refractivity contribution in [3.05, 3.63) is 60.6 Å². The highest BCUT2D eigenvalue weighted by Crippen LogP contribution is 2.44. The maximum atomic E-state index is 12.6. The first-order valence-electron chi connectivity index (χ1n) is 9.37. The number of hydrogen-bond donors (Lipinski definition) is 5. The number of nitrogens with zero attached hydrogens (tertiary/aromatic N) is 1. The van der Waals surface area contributed by atoms with Crippen molar-refractivity contribution in [2.75, 3.05) is 6.61 Å². The number of carbonyl (C=O) groups excluding carboxylic acids is 1. The minimum absolute atomic E-state index is 0.0878. The van der Waals surface area contributed by atoms with E-state index in [1.165, 1.54) is 12.3 Å². The number of phosphoric acid groups is 1. The van der Waals surface area contributed by atoms with E-state index in [2.05, 4.69) is 4.98 Å². The maximum absolute atomic E-state index is 12.6. The van der Waals surface area contributed by atoms with Crippen LogP contribution in [0.4, 0.5) is 0 Å². The number of aromatic nitrogens is 2. The monoisotopic (exact) mass is 452 g/mol. The molecule has 0 bridgehead atoms. The van der Waals surface area contributed by atoms with Gasteiger partial charge in [0.15, 0.2) is 12.3 Å². The van der Waals surface area contributed by atoms with Crippen LogP contribution < -0.4 is 0 Å². The summed E-state index contributed by atoms with van der Waals surface area (Å²) in [5, 5.41) is 21.1. The van der Waals surface area contributed by atoms with Gasteiger partial charge in [-0.15, -0.1) is 0 Å². The van der Waals surface area contributed by atoms with Gasteiger partial charge in [-0.1, -0.05) is 18.2 Å². The lowest BCUT2D eigenvalue weighted by Crippen LogP contribution is -2.58. The van der Waals surface area contributed by atoms with E-state index in [1.54, 1.807) is 35.0 Å². The van der Waals surface area contributed by atoms with Crippen molar-refractivity contribution in [1.29, 1.82) is 0 Å². The van der Waals surface area contributed by atoms with Gasteiger partial charge in [-0.3, -0.25) is 4.52 Å². The van der Waals surface area contributed by atoms with E-state index in [0.717, 1.165) is 5.39 Å². The average Bonchev–Trinajstić information content (AvgIpc) is 3.40. The third kappa shape index (κ3) is 4.43. The Morgan fingerprint density at radius 1 is 1.16 bits per heavy atom. The topological polar surface area (TPSA) is 163 Å². The molecule has 1 aliphatic heterocycles. The summed E-state index contributed by atoms with van der Waals surface area (Å²) in [4.78, 5) is 34.1. The molecule has 0 saturated carbocycles. The van der Waals surface area contributed by atoms with Crippen LogP contribution in [-0.2, 0) is 18.6 Å². The predicted octanol–water partition coefficient (Wildman–Crippen LogP) is 0.923. The molecule has 1 aromatic carbocycles. The van der Waals surface area contributed by atoms with Crippen molar-refractivity contribution in [2.24, 2.45) is 0 Å². The van der Waals surface area contributed by atoms with E-state index >= 15 is 0 Å². The van der Waals surface area contributed by atoms with Crippen molar-refractivity contribution >= 4 is 24.7 Å². The number of benzene rings is 1. The number of aromatic amines is 1. The number of phosphoric ester groups is 1. The summed E-state index contributed by atoms with van der Waals surface area (Å²) in [7, 11) is -5.11. The highest BCUT2D eigenvalue weighted by atomic mass is 31.2. The number of nitrogens with one attached hydrogen (secondary N) is 1. The fraction of sp³-hybridized carbons (Fsp3) is 0.316. The second-order valence-electron chi connectivity index (χ2n) is 7.03.